The summed E-state index contributed by atoms with van der Waals surface area (Å²) in [5, 5.41) is 40.1. The summed E-state index contributed by atoms with van der Waals surface area (Å²) in [6, 6.07) is 13.8. The number of hydrogen-bond donors (Lipinski definition) is 4. The maximum Gasteiger partial charge on any atom is 0.119 e. The molecule has 5 atom stereocenters. The van der Waals surface area contributed by atoms with E-state index in [1.54, 1.807) is 0 Å². The van der Waals surface area contributed by atoms with Gasteiger partial charge < -0.3 is 34.6 Å². The molecule has 0 unspecified atom stereocenters. The molecule has 2 aromatic carbocycles. The first-order valence-corrected chi connectivity index (χ1v) is 11.2. The van der Waals surface area contributed by atoms with Gasteiger partial charge in [0, 0.05) is 12.8 Å². The summed E-state index contributed by atoms with van der Waals surface area (Å²) in [6.45, 7) is 3.07. The molecule has 7 nitrogen and oxygen atoms in total. The molecule has 4 rings (SSSR count). The van der Waals surface area contributed by atoms with E-state index < -0.39 is 37.1 Å². The van der Waals surface area contributed by atoms with Crippen LogP contribution in [-0.4, -0.2) is 70.8 Å². The Morgan fingerprint density at radius 2 is 1.66 bits per heavy atom. The number of hydrogen-bond acceptors (Lipinski definition) is 7. The van der Waals surface area contributed by atoms with E-state index in [1.165, 1.54) is 0 Å². The van der Waals surface area contributed by atoms with Crippen LogP contribution >= 0.6 is 0 Å². The van der Waals surface area contributed by atoms with Crippen LogP contribution in [0.3, 0.4) is 0 Å². The van der Waals surface area contributed by atoms with Gasteiger partial charge in [-0.1, -0.05) is 30.3 Å². The summed E-state index contributed by atoms with van der Waals surface area (Å²) in [4.78, 5) is 0. The molecule has 174 valence electrons. The van der Waals surface area contributed by atoms with Crippen molar-refractivity contribution in [1.82, 2.24) is 0 Å². The number of rotatable bonds is 6. The van der Waals surface area contributed by atoms with Crippen molar-refractivity contribution in [3.63, 3.8) is 0 Å². The zero-order chi connectivity index (χ0) is 22.7. The van der Waals surface area contributed by atoms with Gasteiger partial charge in [0.1, 0.15) is 42.4 Å². The van der Waals surface area contributed by atoms with Crippen LogP contribution in [0, 0.1) is 6.92 Å². The molecule has 2 aromatic rings. The summed E-state index contributed by atoms with van der Waals surface area (Å²) in [7, 11) is 0. The van der Waals surface area contributed by atoms with E-state index >= 15 is 0 Å². The minimum Gasteiger partial charge on any atom is -0.490 e. The van der Waals surface area contributed by atoms with E-state index in [0.29, 0.717) is 12.0 Å². The molecule has 2 fully saturated rings. The van der Waals surface area contributed by atoms with Crippen molar-refractivity contribution < 1.29 is 34.6 Å². The molecule has 2 heterocycles. The minimum absolute atomic E-state index is 0.201. The lowest BCUT2D eigenvalue weighted by Gasteiger charge is -2.40. The Morgan fingerprint density at radius 1 is 0.938 bits per heavy atom. The average molecular weight is 445 g/mol. The highest BCUT2D eigenvalue weighted by atomic mass is 16.5. The fraction of sp³-hybridized carbons (Fsp3) is 0.520. The average Bonchev–Trinajstić information content (AvgIpc) is 2.81. The molecule has 0 aromatic heterocycles. The third-order valence-corrected chi connectivity index (χ3v) is 6.38. The predicted octanol–water partition coefficient (Wildman–Crippen LogP) is 1.66. The van der Waals surface area contributed by atoms with Crippen molar-refractivity contribution in [2.75, 3.05) is 19.8 Å². The van der Waals surface area contributed by atoms with Gasteiger partial charge in [-0.15, -0.1) is 0 Å². The monoisotopic (exact) mass is 444 g/mol. The zero-order valence-corrected chi connectivity index (χ0v) is 18.3. The highest BCUT2D eigenvalue weighted by Gasteiger charge is 2.43. The molecule has 7 heteroatoms. The summed E-state index contributed by atoms with van der Waals surface area (Å²) < 4.78 is 17.1. The van der Waals surface area contributed by atoms with Crippen LogP contribution < -0.4 is 4.74 Å². The van der Waals surface area contributed by atoms with Crippen LogP contribution in [0.15, 0.2) is 42.5 Å². The predicted molar refractivity (Wildman–Crippen MR) is 118 cm³/mol. The van der Waals surface area contributed by atoms with Crippen LogP contribution in [0.25, 0.3) is 0 Å². The fourth-order valence-electron chi connectivity index (χ4n) is 4.33. The summed E-state index contributed by atoms with van der Waals surface area (Å²) in [5.74, 6) is 0.854. The quantitative estimate of drug-likeness (QED) is 0.537. The third kappa shape index (κ3) is 5.14. The minimum atomic E-state index is -1.39. The maximum atomic E-state index is 10.5. The highest BCUT2D eigenvalue weighted by molar-refractivity contribution is 5.38. The van der Waals surface area contributed by atoms with E-state index in [0.717, 1.165) is 48.5 Å². The van der Waals surface area contributed by atoms with Gasteiger partial charge in [0.15, 0.2) is 0 Å². The summed E-state index contributed by atoms with van der Waals surface area (Å²) in [6.07, 6.45) is -3.09. The molecular weight excluding hydrogens is 412 g/mol. The third-order valence-electron chi connectivity index (χ3n) is 6.38. The second kappa shape index (κ2) is 10.3. The van der Waals surface area contributed by atoms with Crippen molar-refractivity contribution >= 4 is 0 Å². The van der Waals surface area contributed by atoms with Crippen molar-refractivity contribution in [3.05, 3.63) is 64.7 Å². The van der Waals surface area contributed by atoms with E-state index in [2.05, 4.69) is 12.1 Å². The van der Waals surface area contributed by atoms with Crippen LogP contribution in [0.4, 0.5) is 0 Å². The van der Waals surface area contributed by atoms with Crippen molar-refractivity contribution in [2.45, 2.75) is 62.8 Å². The fourth-order valence-corrected chi connectivity index (χ4v) is 4.33. The van der Waals surface area contributed by atoms with E-state index in [4.69, 9.17) is 14.2 Å². The molecule has 0 aliphatic carbocycles. The Labute approximate surface area is 188 Å². The summed E-state index contributed by atoms with van der Waals surface area (Å²) >= 11 is 0. The first kappa shape index (κ1) is 23.2. The largest absolute Gasteiger partial charge is 0.490 e. The Balaban J connectivity index is 1.47. The first-order valence-electron chi connectivity index (χ1n) is 11.2. The standard InChI is InChI=1S/C25H32O7/c1-15-2-5-17(25-24(29)23(28)22(27)21(14-26)32-25)13-18(15)12-16-3-6-19(7-4-16)31-20-8-10-30-11-9-20/h2-7,13,20-29H,8-12,14H2,1H3/t21-,22-,23+,24-,25+/m1/s1. The maximum absolute atomic E-state index is 10.5. The molecule has 0 radical (unpaired) electrons. The SMILES string of the molecule is Cc1ccc([C@@H]2O[C@H](CO)[C@@H](O)[C@H](O)[C@H]2O)cc1Cc1ccc(OC2CCOCC2)cc1. The van der Waals surface area contributed by atoms with E-state index in [-0.39, 0.29) is 6.10 Å². The highest BCUT2D eigenvalue weighted by Crippen LogP contribution is 2.33. The topological polar surface area (TPSA) is 109 Å². The number of aliphatic hydroxyl groups is 4. The molecule has 2 saturated heterocycles. The van der Waals surface area contributed by atoms with Gasteiger partial charge in [-0.25, -0.2) is 0 Å². The smallest absolute Gasteiger partial charge is 0.119 e. The van der Waals surface area contributed by atoms with Crippen molar-refractivity contribution in [2.24, 2.45) is 0 Å². The van der Waals surface area contributed by atoms with Gasteiger partial charge in [0.25, 0.3) is 0 Å². The molecule has 0 saturated carbocycles. The molecule has 2 aliphatic heterocycles. The van der Waals surface area contributed by atoms with Gasteiger partial charge in [0.05, 0.1) is 19.8 Å². The van der Waals surface area contributed by atoms with Crippen LogP contribution in [0.2, 0.25) is 0 Å². The number of ether oxygens (including phenoxy) is 3. The molecule has 0 spiro atoms. The first-order chi connectivity index (χ1) is 15.5. The molecule has 4 N–H and O–H groups in total. The van der Waals surface area contributed by atoms with Gasteiger partial charge in [-0.3, -0.25) is 0 Å². The number of benzene rings is 2. The van der Waals surface area contributed by atoms with Gasteiger partial charge in [-0.05, 0) is 47.7 Å². The Kier molecular flexibility index (Phi) is 7.45. The molecular formula is C25H32O7. The van der Waals surface area contributed by atoms with Crippen molar-refractivity contribution in [1.29, 1.82) is 0 Å². The number of aliphatic hydroxyl groups excluding tert-OH is 4. The number of aryl methyl sites for hydroxylation is 1. The molecule has 2 aliphatic rings. The lowest BCUT2D eigenvalue weighted by Crippen LogP contribution is -2.55. The Morgan fingerprint density at radius 3 is 2.34 bits per heavy atom. The normalized spacial score (nSPS) is 29.1. The molecule has 0 amide bonds. The lowest BCUT2D eigenvalue weighted by molar-refractivity contribution is -0.231. The van der Waals surface area contributed by atoms with Gasteiger partial charge in [0.2, 0.25) is 0 Å². The second-order valence-corrected chi connectivity index (χ2v) is 8.69. The van der Waals surface area contributed by atoms with Crippen LogP contribution in [-0.2, 0) is 15.9 Å². The lowest BCUT2D eigenvalue weighted by atomic mass is 9.89. The Hall–Kier alpha value is -2.00. The molecule has 32 heavy (non-hydrogen) atoms. The van der Waals surface area contributed by atoms with Gasteiger partial charge in [-0.2, -0.15) is 0 Å². The second-order valence-electron chi connectivity index (χ2n) is 8.69. The van der Waals surface area contributed by atoms with E-state index in [9.17, 15) is 20.4 Å². The molecule has 0 bridgehead atoms. The summed E-state index contributed by atoms with van der Waals surface area (Å²) in [5.41, 5.74) is 3.98. The van der Waals surface area contributed by atoms with Crippen LogP contribution in [0.5, 0.6) is 5.75 Å². The Bertz CT molecular complexity index is 876. The zero-order valence-electron chi connectivity index (χ0n) is 18.3. The van der Waals surface area contributed by atoms with Crippen molar-refractivity contribution in [3.8, 4) is 5.75 Å². The van der Waals surface area contributed by atoms with Gasteiger partial charge >= 0.3 is 0 Å². The van der Waals surface area contributed by atoms with E-state index in [1.807, 2.05) is 37.3 Å². The van der Waals surface area contributed by atoms with Crippen LogP contribution in [0.1, 0.15) is 41.2 Å².